The normalized spacial score (nSPS) is 12.7. The van der Waals surface area contributed by atoms with Crippen LogP contribution in [0.5, 0.6) is 0 Å². The minimum atomic E-state index is -0.574. The van der Waals surface area contributed by atoms with Gasteiger partial charge in [-0.25, -0.2) is 4.98 Å². The lowest BCUT2D eigenvalue weighted by Crippen LogP contribution is -2.38. The van der Waals surface area contributed by atoms with Crippen molar-refractivity contribution in [3.8, 4) is 0 Å². The van der Waals surface area contributed by atoms with Crippen molar-refractivity contribution in [1.29, 1.82) is 0 Å². The number of β-amino-alcohol motifs (C(OH)–C–C–N with tert-alkyl or cyclic N) is 1. The first kappa shape index (κ1) is 19.2. The van der Waals surface area contributed by atoms with Gasteiger partial charge in [-0.1, -0.05) is 6.07 Å². The van der Waals surface area contributed by atoms with Crippen molar-refractivity contribution in [2.75, 3.05) is 24.5 Å². The molecule has 1 aromatic heterocycles. The topological polar surface area (TPSA) is 48.4 Å². The number of aliphatic hydroxyl groups is 1. The number of hydrogen-bond acceptors (Lipinski definition) is 4. The van der Waals surface area contributed by atoms with Gasteiger partial charge in [0.05, 0.1) is 5.69 Å². The zero-order valence-electron chi connectivity index (χ0n) is 13.3. The third kappa shape index (κ3) is 6.11. The molecule has 0 fully saturated rings. The number of hydrogen-bond donors (Lipinski definition) is 2. The molecule has 20 heavy (non-hydrogen) atoms. The smallest absolute Gasteiger partial charge is 0.128 e. The third-order valence-electron chi connectivity index (χ3n) is 3.01. The lowest BCUT2D eigenvalue weighted by atomic mass is 10.1. The first-order valence-corrected chi connectivity index (χ1v) is 7.02. The van der Waals surface area contributed by atoms with Crippen molar-refractivity contribution in [2.24, 2.45) is 0 Å². The first-order valence-electron chi connectivity index (χ1n) is 7.02. The van der Waals surface area contributed by atoms with Gasteiger partial charge in [0.2, 0.25) is 0 Å². The minimum absolute atomic E-state index is 0. The van der Waals surface area contributed by atoms with E-state index in [1.54, 1.807) is 0 Å². The predicted octanol–water partition coefficient (Wildman–Crippen LogP) is 2.46. The number of pyridine rings is 1. The number of rotatable bonds is 6. The summed E-state index contributed by atoms with van der Waals surface area (Å²) in [5.41, 5.74) is 0.721. The second kappa shape index (κ2) is 8.49. The summed E-state index contributed by atoms with van der Waals surface area (Å²) in [7, 11) is 0. The Morgan fingerprint density at radius 3 is 2.35 bits per heavy atom. The fraction of sp³-hybridized carbons (Fsp3) is 0.667. The number of aromatic nitrogens is 1. The van der Waals surface area contributed by atoms with Gasteiger partial charge >= 0.3 is 0 Å². The van der Waals surface area contributed by atoms with Crippen LogP contribution in [-0.4, -0.2) is 35.3 Å². The molecule has 0 aliphatic heterocycles. The molecule has 0 aromatic carbocycles. The van der Waals surface area contributed by atoms with Gasteiger partial charge < -0.3 is 15.3 Å². The van der Waals surface area contributed by atoms with E-state index >= 15 is 0 Å². The molecule has 1 rings (SSSR count). The Morgan fingerprint density at radius 1 is 1.25 bits per heavy atom. The molecule has 1 atom stereocenters. The van der Waals surface area contributed by atoms with E-state index in [1.807, 2.05) is 18.2 Å². The molecule has 0 bridgehead atoms. The molecule has 0 unspecified atom stereocenters. The van der Waals surface area contributed by atoms with Gasteiger partial charge in [0, 0.05) is 25.2 Å². The summed E-state index contributed by atoms with van der Waals surface area (Å²) >= 11 is 0. The highest BCUT2D eigenvalue weighted by Crippen LogP contribution is 2.16. The van der Waals surface area contributed by atoms with Crippen LogP contribution in [0.4, 0.5) is 5.82 Å². The van der Waals surface area contributed by atoms with Crippen molar-refractivity contribution < 1.29 is 5.11 Å². The standard InChI is InChI=1S/C15H27N3O.H2S/c1-6-18(7-2)14-10-8-9-12(17-14)13(19)11-16-15(3,4)5;/h8-10,13,16,19H,6-7,11H2,1-5H3;1H2/t13-;/m0./s1. The van der Waals surface area contributed by atoms with Crippen molar-refractivity contribution in [3.63, 3.8) is 0 Å². The second-order valence-corrected chi connectivity index (χ2v) is 5.74. The van der Waals surface area contributed by atoms with E-state index in [2.05, 4.69) is 49.8 Å². The highest BCUT2D eigenvalue weighted by Gasteiger charge is 2.15. The van der Waals surface area contributed by atoms with Gasteiger partial charge in [-0.05, 0) is 46.8 Å². The van der Waals surface area contributed by atoms with Gasteiger partial charge in [0.1, 0.15) is 11.9 Å². The molecule has 0 saturated carbocycles. The third-order valence-corrected chi connectivity index (χ3v) is 3.01. The molecule has 1 aromatic rings. The second-order valence-electron chi connectivity index (χ2n) is 5.74. The molecule has 0 amide bonds. The molecule has 1 heterocycles. The lowest BCUT2D eigenvalue weighted by Gasteiger charge is -2.24. The van der Waals surface area contributed by atoms with E-state index < -0.39 is 6.10 Å². The lowest BCUT2D eigenvalue weighted by molar-refractivity contribution is 0.159. The SMILES string of the molecule is CCN(CC)c1cccc([C@@H](O)CNC(C)(C)C)n1.S. The first-order chi connectivity index (χ1) is 8.87. The molecule has 0 saturated heterocycles. The van der Waals surface area contributed by atoms with Gasteiger partial charge in [0.15, 0.2) is 0 Å². The van der Waals surface area contributed by atoms with E-state index in [0.717, 1.165) is 24.6 Å². The monoisotopic (exact) mass is 299 g/mol. The number of aliphatic hydroxyl groups excluding tert-OH is 1. The Kier molecular flexibility index (Phi) is 8.16. The molecule has 0 radical (unpaired) electrons. The molecule has 0 aliphatic rings. The number of nitrogens with zero attached hydrogens (tertiary/aromatic N) is 2. The summed E-state index contributed by atoms with van der Waals surface area (Å²) in [6.07, 6.45) is -0.574. The van der Waals surface area contributed by atoms with E-state index in [0.29, 0.717) is 6.54 Å². The molecule has 0 aliphatic carbocycles. The fourth-order valence-corrected chi connectivity index (χ4v) is 1.86. The summed E-state index contributed by atoms with van der Waals surface area (Å²) in [4.78, 5) is 6.73. The Hall–Kier alpha value is -0.780. The molecule has 5 heteroatoms. The van der Waals surface area contributed by atoms with Crippen LogP contribution in [0.1, 0.15) is 46.4 Å². The maximum atomic E-state index is 10.2. The maximum absolute atomic E-state index is 10.2. The van der Waals surface area contributed by atoms with Crippen LogP contribution in [0.15, 0.2) is 18.2 Å². The Bertz CT molecular complexity index is 389. The van der Waals surface area contributed by atoms with Gasteiger partial charge in [0.25, 0.3) is 0 Å². The zero-order valence-corrected chi connectivity index (χ0v) is 14.3. The van der Waals surface area contributed by atoms with Crippen LogP contribution in [0.2, 0.25) is 0 Å². The van der Waals surface area contributed by atoms with Crippen molar-refractivity contribution in [3.05, 3.63) is 23.9 Å². The number of anilines is 1. The summed E-state index contributed by atoms with van der Waals surface area (Å²) in [5, 5.41) is 13.5. The van der Waals surface area contributed by atoms with Crippen LogP contribution in [-0.2, 0) is 0 Å². The Morgan fingerprint density at radius 2 is 1.85 bits per heavy atom. The van der Waals surface area contributed by atoms with Gasteiger partial charge in [-0.15, -0.1) is 0 Å². The summed E-state index contributed by atoms with van der Waals surface area (Å²) in [5.74, 6) is 0.928. The van der Waals surface area contributed by atoms with Crippen molar-refractivity contribution in [1.82, 2.24) is 10.3 Å². The summed E-state index contributed by atoms with van der Waals surface area (Å²) in [6, 6.07) is 5.82. The average molecular weight is 299 g/mol. The van der Waals surface area contributed by atoms with E-state index in [4.69, 9.17) is 0 Å². The van der Waals surface area contributed by atoms with Gasteiger partial charge in [-0.3, -0.25) is 0 Å². The number of nitrogens with one attached hydrogen (secondary N) is 1. The molecular formula is C15H29N3OS. The van der Waals surface area contributed by atoms with E-state index in [1.165, 1.54) is 0 Å². The average Bonchev–Trinajstić information content (AvgIpc) is 2.37. The largest absolute Gasteiger partial charge is 0.385 e. The molecule has 4 nitrogen and oxygen atoms in total. The fourth-order valence-electron chi connectivity index (χ4n) is 1.86. The zero-order chi connectivity index (χ0) is 14.5. The maximum Gasteiger partial charge on any atom is 0.128 e. The Balaban J connectivity index is 0.00000361. The molecular weight excluding hydrogens is 270 g/mol. The van der Waals surface area contributed by atoms with Crippen LogP contribution in [0.3, 0.4) is 0 Å². The molecule has 0 spiro atoms. The van der Waals surface area contributed by atoms with Crippen molar-refractivity contribution >= 4 is 19.3 Å². The predicted molar refractivity (Wildman–Crippen MR) is 90.9 cm³/mol. The van der Waals surface area contributed by atoms with Gasteiger partial charge in [-0.2, -0.15) is 13.5 Å². The van der Waals surface area contributed by atoms with Crippen LogP contribution >= 0.6 is 13.5 Å². The highest BCUT2D eigenvalue weighted by atomic mass is 32.1. The van der Waals surface area contributed by atoms with E-state index in [-0.39, 0.29) is 19.0 Å². The minimum Gasteiger partial charge on any atom is -0.385 e. The molecule has 2 N–H and O–H groups in total. The summed E-state index contributed by atoms with van der Waals surface area (Å²) in [6.45, 7) is 12.8. The van der Waals surface area contributed by atoms with Crippen molar-refractivity contribution in [2.45, 2.75) is 46.3 Å². The van der Waals surface area contributed by atoms with Crippen LogP contribution in [0, 0.1) is 0 Å². The highest BCUT2D eigenvalue weighted by molar-refractivity contribution is 7.59. The summed E-state index contributed by atoms with van der Waals surface area (Å²) < 4.78 is 0. The van der Waals surface area contributed by atoms with Crippen LogP contribution in [0.25, 0.3) is 0 Å². The Labute approximate surface area is 130 Å². The van der Waals surface area contributed by atoms with E-state index in [9.17, 15) is 5.11 Å². The quantitative estimate of drug-likeness (QED) is 0.847. The molecule has 116 valence electrons. The van der Waals surface area contributed by atoms with Crippen LogP contribution < -0.4 is 10.2 Å².